The summed E-state index contributed by atoms with van der Waals surface area (Å²) < 4.78 is 0. The zero-order valence-corrected chi connectivity index (χ0v) is 14.6. The third kappa shape index (κ3) is 5.37. The highest BCUT2D eigenvalue weighted by Gasteiger charge is 2.29. The molecule has 23 heavy (non-hydrogen) atoms. The molecule has 0 heterocycles. The predicted octanol–water partition coefficient (Wildman–Crippen LogP) is 2.12. The number of nitrogens with one attached hydrogen (secondary N) is 2. The Labute approximate surface area is 147 Å². The third-order valence-electron chi connectivity index (χ3n) is 4.14. The van der Waals surface area contributed by atoms with E-state index in [-0.39, 0.29) is 30.3 Å². The molecule has 3 unspecified atom stereocenters. The summed E-state index contributed by atoms with van der Waals surface area (Å²) in [4.78, 5) is 24.3. The van der Waals surface area contributed by atoms with Crippen LogP contribution in [0.25, 0.3) is 0 Å². The van der Waals surface area contributed by atoms with Crippen molar-refractivity contribution in [2.24, 2.45) is 11.7 Å². The SMILES string of the molecule is CC(NC(=O)c1ccc(Cl)cc1)C(=O)NC1CCCC1CN.Cl. The van der Waals surface area contributed by atoms with Crippen LogP contribution in [0.15, 0.2) is 24.3 Å². The highest BCUT2D eigenvalue weighted by Crippen LogP contribution is 2.24. The van der Waals surface area contributed by atoms with Crippen LogP contribution in [0, 0.1) is 5.92 Å². The van der Waals surface area contributed by atoms with E-state index in [0.717, 1.165) is 19.3 Å². The molecule has 0 bridgehead atoms. The number of halogens is 2. The minimum atomic E-state index is -0.595. The number of amides is 2. The van der Waals surface area contributed by atoms with Crippen LogP contribution in [0.2, 0.25) is 5.02 Å². The molecule has 128 valence electrons. The van der Waals surface area contributed by atoms with Gasteiger partial charge in [0.2, 0.25) is 5.91 Å². The minimum Gasteiger partial charge on any atom is -0.351 e. The summed E-state index contributed by atoms with van der Waals surface area (Å²) in [5.74, 6) is -0.128. The second-order valence-electron chi connectivity index (χ2n) is 5.74. The van der Waals surface area contributed by atoms with E-state index in [1.165, 1.54) is 0 Å². The van der Waals surface area contributed by atoms with Crippen LogP contribution in [0.1, 0.15) is 36.5 Å². The molecule has 0 spiro atoms. The van der Waals surface area contributed by atoms with Crippen molar-refractivity contribution in [3.63, 3.8) is 0 Å². The van der Waals surface area contributed by atoms with E-state index in [4.69, 9.17) is 17.3 Å². The van der Waals surface area contributed by atoms with Gasteiger partial charge < -0.3 is 16.4 Å². The van der Waals surface area contributed by atoms with E-state index in [1.807, 2.05) is 0 Å². The molecule has 1 aromatic rings. The highest BCUT2D eigenvalue weighted by molar-refractivity contribution is 6.30. The number of nitrogens with two attached hydrogens (primary N) is 1. The first-order valence-corrected chi connectivity index (χ1v) is 7.96. The molecule has 1 fully saturated rings. The van der Waals surface area contributed by atoms with Crippen molar-refractivity contribution in [3.8, 4) is 0 Å². The van der Waals surface area contributed by atoms with E-state index in [9.17, 15) is 9.59 Å². The molecule has 1 aliphatic rings. The maximum atomic E-state index is 12.2. The molecule has 0 saturated heterocycles. The van der Waals surface area contributed by atoms with Crippen molar-refractivity contribution in [2.75, 3.05) is 6.54 Å². The van der Waals surface area contributed by atoms with E-state index in [0.29, 0.717) is 23.0 Å². The van der Waals surface area contributed by atoms with E-state index >= 15 is 0 Å². The highest BCUT2D eigenvalue weighted by atomic mass is 35.5. The molecule has 1 aromatic carbocycles. The zero-order chi connectivity index (χ0) is 16.1. The second kappa shape index (κ2) is 9.11. The lowest BCUT2D eigenvalue weighted by Gasteiger charge is -2.22. The summed E-state index contributed by atoms with van der Waals surface area (Å²) in [6, 6.07) is 6.07. The second-order valence-corrected chi connectivity index (χ2v) is 6.18. The Kier molecular flexibility index (Phi) is 7.82. The van der Waals surface area contributed by atoms with Gasteiger partial charge in [0.1, 0.15) is 6.04 Å². The van der Waals surface area contributed by atoms with Gasteiger partial charge >= 0.3 is 0 Å². The predicted molar refractivity (Wildman–Crippen MR) is 94.0 cm³/mol. The van der Waals surface area contributed by atoms with E-state index in [2.05, 4.69) is 10.6 Å². The van der Waals surface area contributed by atoms with Crippen molar-refractivity contribution < 1.29 is 9.59 Å². The fraction of sp³-hybridized carbons (Fsp3) is 0.500. The van der Waals surface area contributed by atoms with Crippen LogP contribution in [0.5, 0.6) is 0 Å². The van der Waals surface area contributed by atoms with Crippen LogP contribution in [0.3, 0.4) is 0 Å². The van der Waals surface area contributed by atoms with Crippen molar-refractivity contribution in [1.82, 2.24) is 10.6 Å². The van der Waals surface area contributed by atoms with Gasteiger partial charge in [-0.15, -0.1) is 12.4 Å². The summed E-state index contributed by atoms with van der Waals surface area (Å²) in [7, 11) is 0. The van der Waals surface area contributed by atoms with Gasteiger partial charge in [-0.3, -0.25) is 9.59 Å². The van der Waals surface area contributed by atoms with E-state index in [1.54, 1.807) is 31.2 Å². The maximum Gasteiger partial charge on any atom is 0.251 e. The van der Waals surface area contributed by atoms with Gasteiger partial charge in [-0.25, -0.2) is 0 Å². The maximum absolute atomic E-state index is 12.2. The molecule has 2 amide bonds. The Bertz CT molecular complexity index is 537. The Morgan fingerprint density at radius 1 is 1.30 bits per heavy atom. The molecule has 7 heteroatoms. The molecule has 5 nitrogen and oxygen atoms in total. The van der Waals surface area contributed by atoms with Gasteiger partial charge in [0.15, 0.2) is 0 Å². The van der Waals surface area contributed by atoms with Crippen molar-refractivity contribution in [2.45, 2.75) is 38.3 Å². The van der Waals surface area contributed by atoms with Crippen molar-refractivity contribution >= 4 is 35.8 Å². The first-order chi connectivity index (χ1) is 10.5. The average Bonchev–Trinajstić information content (AvgIpc) is 2.94. The minimum absolute atomic E-state index is 0. The van der Waals surface area contributed by atoms with Gasteiger partial charge in [-0.05, 0) is 56.5 Å². The standard InChI is InChI=1S/C16H22ClN3O2.ClH/c1-10(15(21)20-14-4-2-3-12(14)9-18)19-16(22)11-5-7-13(17)8-6-11;/h5-8,10,12,14H,2-4,9,18H2,1H3,(H,19,22)(H,20,21);1H. The fourth-order valence-corrected chi connectivity index (χ4v) is 2.89. The molecule has 0 aliphatic heterocycles. The number of carbonyl (C=O) groups is 2. The quantitative estimate of drug-likeness (QED) is 0.752. The summed E-state index contributed by atoms with van der Waals surface area (Å²) in [5.41, 5.74) is 6.19. The zero-order valence-electron chi connectivity index (χ0n) is 13.0. The first kappa shape index (κ1) is 19.7. The van der Waals surface area contributed by atoms with Gasteiger partial charge in [0.05, 0.1) is 0 Å². The van der Waals surface area contributed by atoms with Gasteiger partial charge in [0.25, 0.3) is 5.91 Å². The lowest BCUT2D eigenvalue weighted by molar-refractivity contribution is -0.123. The Hall–Kier alpha value is -1.30. The smallest absolute Gasteiger partial charge is 0.251 e. The molecule has 4 N–H and O–H groups in total. The number of benzene rings is 1. The van der Waals surface area contributed by atoms with Crippen LogP contribution >= 0.6 is 24.0 Å². The monoisotopic (exact) mass is 359 g/mol. The van der Waals surface area contributed by atoms with Gasteiger partial charge in [-0.2, -0.15) is 0 Å². The van der Waals surface area contributed by atoms with E-state index < -0.39 is 6.04 Å². The molecule has 3 atom stereocenters. The average molecular weight is 360 g/mol. The Balaban J connectivity index is 0.00000264. The summed E-state index contributed by atoms with van der Waals surface area (Å²) in [6.07, 6.45) is 3.08. The molecular weight excluding hydrogens is 337 g/mol. The lowest BCUT2D eigenvalue weighted by atomic mass is 10.0. The van der Waals surface area contributed by atoms with Crippen molar-refractivity contribution in [3.05, 3.63) is 34.9 Å². The number of hydrogen-bond acceptors (Lipinski definition) is 3. The Morgan fingerprint density at radius 3 is 2.57 bits per heavy atom. The summed E-state index contributed by atoms with van der Waals surface area (Å²) in [6.45, 7) is 2.26. The number of carbonyl (C=O) groups excluding carboxylic acids is 2. The molecular formula is C16H23Cl2N3O2. The van der Waals surface area contributed by atoms with Crippen LogP contribution in [-0.4, -0.2) is 30.4 Å². The number of hydrogen-bond donors (Lipinski definition) is 3. The Morgan fingerprint density at radius 2 is 1.96 bits per heavy atom. The van der Waals surface area contributed by atoms with Crippen LogP contribution in [-0.2, 0) is 4.79 Å². The van der Waals surface area contributed by atoms with Crippen LogP contribution in [0.4, 0.5) is 0 Å². The van der Waals surface area contributed by atoms with Gasteiger partial charge in [0, 0.05) is 16.6 Å². The molecule has 0 radical (unpaired) electrons. The lowest BCUT2D eigenvalue weighted by Crippen LogP contribution is -2.49. The normalized spacial score (nSPS) is 21.2. The third-order valence-corrected chi connectivity index (χ3v) is 4.39. The summed E-state index contributed by atoms with van der Waals surface area (Å²) in [5, 5.41) is 6.25. The molecule has 1 saturated carbocycles. The summed E-state index contributed by atoms with van der Waals surface area (Å²) >= 11 is 5.79. The number of rotatable bonds is 5. The topological polar surface area (TPSA) is 84.2 Å². The van der Waals surface area contributed by atoms with Crippen LogP contribution < -0.4 is 16.4 Å². The molecule has 0 aromatic heterocycles. The fourth-order valence-electron chi connectivity index (χ4n) is 2.76. The van der Waals surface area contributed by atoms with Crippen molar-refractivity contribution in [1.29, 1.82) is 0 Å². The largest absolute Gasteiger partial charge is 0.351 e. The first-order valence-electron chi connectivity index (χ1n) is 7.58. The molecule has 1 aliphatic carbocycles. The molecule has 2 rings (SSSR count). The van der Waals surface area contributed by atoms with Gasteiger partial charge in [-0.1, -0.05) is 18.0 Å².